The SMILES string of the molecule is C=CCOC(=O)c1sc(N2C(=O)C(=O)/C(=C(/O)c3ccncc3)C2c2cc(Br)c(O)c(OC)c2)nc1C. The molecule has 1 aliphatic heterocycles. The van der Waals surface area contributed by atoms with Crippen molar-refractivity contribution in [3.05, 3.63) is 81.1 Å². The number of benzene rings is 1. The molecular formula is C25H20BrN3O7S. The minimum atomic E-state index is -1.17. The molecule has 12 heteroatoms. The maximum absolute atomic E-state index is 13.4. The number of phenolic OH excluding ortho intramolecular Hbond substituents is 1. The van der Waals surface area contributed by atoms with Gasteiger partial charge in [-0.3, -0.25) is 19.5 Å². The van der Waals surface area contributed by atoms with Gasteiger partial charge in [0.05, 0.1) is 28.9 Å². The van der Waals surface area contributed by atoms with Gasteiger partial charge in [-0.1, -0.05) is 24.0 Å². The normalized spacial score (nSPS) is 16.6. The molecule has 10 nitrogen and oxygen atoms in total. The van der Waals surface area contributed by atoms with Gasteiger partial charge in [0.2, 0.25) is 0 Å². The van der Waals surface area contributed by atoms with Crippen LogP contribution in [0.2, 0.25) is 0 Å². The predicted molar refractivity (Wildman–Crippen MR) is 139 cm³/mol. The number of aliphatic hydroxyl groups is 1. The molecule has 1 amide bonds. The number of hydrogen-bond donors (Lipinski definition) is 2. The summed E-state index contributed by atoms with van der Waals surface area (Å²) in [7, 11) is 1.35. The third kappa shape index (κ3) is 4.72. The molecule has 1 fully saturated rings. The highest BCUT2D eigenvalue weighted by atomic mass is 79.9. The molecule has 0 radical (unpaired) electrons. The largest absolute Gasteiger partial charge is 0.507 e. The average molecular weight is 586 g/mol. The van der Waals surface area contributed by atoms with E-state index in [0.29, 0.717) is 11.3 Å². The van der Waals surface area contributed by atoms with Crippen LogP contribution in [0.4, 0.5) is 5.13 Å². The zero-order valence-electron chi connectivity index (χ0n) is 19.6. The number of Topliss-reactive ketones (excluding diaryl/α,β-unsaturated/α-hetero) is 1. The van der Waals surface area contributed by atoms with Crippen LogP contribution in [0.15, 0.2) is 59.4 Å². The Morgan fingerprint density at radius 2 is 2.00 bits per heavy atom. The second kappa shape index (κ2) is 10.5. The first-order valence-electron chi connectivity index (χ1n) is 10.7. The fourth-order valence-electron chi connectivity index (χ4n) is 3.79. The van der Waals surface area contributed by atoms with Crippen molar-refractivity contribution in [3.8, 4) is 11.5 Å². The van der Waals surface area contributed by atoms with Crippen molar-refractivity contribution in [1.29, 1.82) is 0 Å². The number of ketones is 1. The Hall–Kier alpha value is -4.03. The number of carbonyl (C=O) groups excluding carboxylic acids is 3. The number of amides is 1. The summed E-state index contributed by atoms with van der Waals surface area (Å²) in [6.07, 6.45) is 4.29. The highest BCUT2D eigenvalue weighted by Crippen LogP contribution is 2.47. The van der Waals surface area contributed by atoms with E-state index >= 15 is 0 Å². The second-order valence-corrected chi connectivity index (χ2v) is 9.59. The molecule has 3 aromatic rings. The van der Waals surface area contributed by atoms with Crippen molar-refractivity contribution in [1.82, 2.24) is 9.97 Å². The van der Waals surface area contributed by atoms with Gasteiger partial charge in [-0.2, -0.15) is 0 Å². The number of halogens is 1. The molecule has 1 unspecified atom stereocenters. The van der Waals surface area contributed by atoms with Gasteiger partial charge in [0, 0.05) is 18.0 Å². The molecule has 1 atom stereocenters. The lowest BCUT2D eigenvalue weighted by molar-refractivity contribution is -0.132. The van der Waals surface area contributed by atoms with Crippen LogP contribution in [-0.2, 0) is 14.3 Å². The number of ether oxygens (including phenoxy) is 2. The van der Waals surface area contributed by atoms with Gasteiger partial charge < -0.3 is 19.7 Å². The van der Waals surface area contributed by atoms with Crippen LogP contribution in [0.1, 0.15) is 32.5 Å². The first-order valence-corrected chi connectivity index (χ1v) is 12.3. The number of nitrogens with zero attached hydrogens (tertiary/aromatic N) is 3. The fraction of sp³-hybridized carbons (Fsp3) is 0.160. The molecule has 4 rings (SSSR count). The lowest BCUT2D eigenvalue weighted by atomic mass is 9.95. The number of rotatable bonds is 7. The second-order valence-electron chi connectivity index (χ2n) is 7.76. The summed E-state index contributed by atoms with van der Waals surface area (Å²) >= 11 is 4.14. The number of thiazole rings is 1. The van der Waals surface area contributed by atoms with Gasteiger partial charge in [-0.15, -0.1) is 0 Å². The number of aliphatic hydroxyl groups excluding tert-OH is 1. The summed E-state index contributed by atoms with van der Waals surface area (Å²) in [4.78, 5) is 48.7. The molecule has 1 aliphatic rings. The van der Waals surface area contributed by atoms with Crippen LogP contribution in [0.5, 0.6) is 11.5 Å². The number of hydrogen-bond acceptors (Lipinski definition) is 10. The van der Waals surface area contributed by atoms with Gasteiger partial charge in [0.25, 0.3) is 5.78 Å². The third-order valence-electron chi connectivity index (χ3n) is 5.49. The van der Waals surface area contributed by atoms with Crippen LogP contribution in [0.3, 0.4) is 0 Å². The molecule has 0 aliphatic carbocycles. The summed E-state index contributed by atoms with van der Waals surface area (Å²) in [5.74, 6) is -3.09. The number of aromatic nitrogens is 2. The molecule has 0 spiro atoms. The zero-order valence-corrected chi connectivity index (χ0v) is 22.0. The Bertz CT molecular complexity index is 1450. The Labute approximate surface area is 223 Å². The first-order chi connectivity index (χ1) is 17.7. The molecular weight excluding hydrogens is 566 g/mol. The van der Waals surface area contributed by atoms with Crippen LogP contribution in [-0.4, -0.2) is 51.6 Å². The van der Waals surface area contributed by atoms with Crippen LogP contribution in [0, 0.1) is 6.92 Å². The van der Waals surface area contributed by atoms with E-state index in [0.717, 1.165) is 16.2 Å². The Morgan fingerprint density at radius 3 is 2.65 bits per heavy atom. The predicted octanol–water partition coefficient (Wildman–Crippen LogP) is 4.29. The molecule has 190 valence electrons. The van der Waals surface area contributed by atoms with Gasteiger partial charge >= 0.3 is 11.9 Å². The monoisotopic (exact) mass is 585 g/mol. The van der Waals surface area contributed by atoms with Gasteiger partial charge in [0.15, 0.2) is 16.6 Å². The maximum atomic E-state index is 13.4. The quantitative estimate of drug-likeness (QED) is 0.136. The molecule has 37 heavy (non-hydrogen) atoms. The number of carbonyl (C=O) groups is 3. The standard InChI is InChI=1S/C25H20BrN3O7S/c1-4-9-36-24(34)22-12(2)28-25(37-22)29-18(14-10-15(26)20(31)16(11-14)35-3)17(21(32)23(29)33)19(30)13-5-7-27-8-6-13/h4-8,10-11,18,30-31H,1,9H2,2-3H3/b19-17+. The molecule has 2 N–H and O–H groups in total. The number of aryl methyl sites for hydroxylation is 1. The van der Waals surface area contributed by atoms with Crippen molar-refractivity contribution < 1.29 is 34.1 Å². The van der Waals surface area contributed by atoms with E-state index in [1.807, 2.05) is 0 Å². The van der Waals surface area contributed by atoms with Crippen molar-refractivity contribution in [2.24, 2.45) is 0 Å². The average Bonchev–Trinajstić information content (AvgIpc) is 3.40. The molecule has 0 bridgehead atoms. The van der Waals surface area contributed by atoms with Crippen molar-refractivity contribution >= 4 is 55.8 Å². The van der Waals surface area contributed by atoms with E-state index in [2.05, 4.69) is 32.5 Å². The van der Waals surface area contributed by atoms with E-state index in [1.165, 1.54) is 49.8 Å². The van der Waals surface area contributed by atoms with Crippen LogP contribution >= 0.6 is 27.3 Å². The number of aromatic hydroxyl groups is 1. The van der Waals surface area contributed by atoms with Gasteiger partial charge in [-0.05, 0) is 52.7 Å². The summed E-state index contributed by atoms with van der Waals surface area (Å²) in [5.41, 5.74) is 0.694. The van der Waals surface area contributed by atoms with Crippen molar-refractivity contribution in [3.63, 3.8) is 0 Å². The Balaban J connectivity index is 1.94. The lowest BCUT2D eigenvalue weighted by Gasteiger charge is -2.24. The van der Waals surface area contributed by atoms with Gasteiger partial charge in [0.1, 0.15) is 17.2 Å². The van der Waals surface area contributed by atoms with Crippen LogP contribution < -0.4 is 9.64 Å². The number of methoxy groups -OCH3 is 1. The minimum absolute atomic E-state index is 0.0106. The van der Waals surface area contributed by atoms with Crippen molar-refractivity contribution in [2.45, 2.75) is 13.0 Å². The van der Waals surface area contributed by atoms with Crippen molar-refractivity contribution in [2.75, 3.05) is 18.6 Å². The molecule has 2 aromatic heterocycles. The first kappa shape index (κ1) is 26.0. The smallest absolute Gasteiger partial charge is 0.350 e. The Morgan fingerprint density at radius 1 is 1.30 bits per heavy atom. The maximum Gasteiger partial charge on any atom is 0.350 e. The highest BCUT2D eigenvalue weighted by molar-refractivity contribution is 9.10. The number of anilines is 1. The summed E-state index contributed by atoms with van der Waals surface area (Å²) in [6.45, 7) is 5.08. The number of phenols is 1. The summed E-state index contributed by atoms with van der Waals surface area (Å²) < 4.78 is 10.6. The van der Waals surface area contributed by atoms with E-state index in [-0.39, 0.29) is 43.7 Å². The summed E-state index contributed by atoms with van der Waals surface area (Å²) in [6, 6.07) is 4.77. The zero-order chi connectivity index (χ0) is 26.9. The molecule has 1 aromatic carbocycles. The van der Waals surface area contributed by atoms with E-state index < -0.39 is 29.5 Å². The topological polar surface area (TPSA) is 139 Å². The minimum Gasteiger partial charge on any atom is -0.507 e. The molecule has 3 heterocycles. The molecule has 1 saturated heterocycles. The number of pyridine rings is 1. The van der Waals surface area contributed by atoms with E-state index in [4.69, 9.17) is 9.47 Å². The van der Waals surface area contributed by atoms with Crippen LogP contribution in [0.25, 0.3) is 5.76 Å². The fourth-order valence-corrected chi connectivity index (χ4v) is 5.24. The highest BCUT2D eigenvalue weighted by Gasteiger charge is 2.48. The summed E-state index contributed by atoms with van der Waals surface area (Å²) in [5, 5.41) is 21.5. The van der Waals surface area contributed by atoms with E-state index in [1.54, 1.807) is 6.92 Å². The molecule has 0 saturated carbocycles. The van der Waals surface area contributed by atoms with E-state index in [9.17, 15) is 24.6 Å². The lowest BCUT2D eigenvalue weighted by Crippen LogP contribution is -2.29. The third-order valence-corrected chi connectivity index (χ3v) is 7.23. The number of esters is 1. The van der Waals surface area contributed by atoms with Gasteiger partial charge in [-0.25, -0.2) is 9.78 Å². The Kier molecular flexibility index (Phi) is 7.41.